The molecule has 2 aromatic rings. The van der Waals surface area contributed by atoms with Crippen LogP contribution in [-0.4, -0.2) is 23.3 Å². The zero-order valence-corrected chi connectivity index (χ0v) is 15.0. The van der Waals surface area contributed by atoms with Crippen molar-refractivity contribution >= 4 is 39.1 Å². The first-order valence-corrected chi connectivity index (χ1v) is 8.65. The highest BCUT2D eigenvalue weighted by Crippen LogP contribution is 2.37. The van der Waals surface area contributed by atoms with Gasteiger partial charge in [0.1, 0.15) is 0 Å². The highest BCUT2D eigenvalue weighted by molar-refractivity contribution is 9.10. The molecule has 0 atom stereocenters. The molecular weight excluding hydrogens is 370 g/mol. The molecule has 0 unspecified atom stereocenters. The summed E-state index contributed by atoms with van der Waals surface area (Å²) in [7, 11) is 0. The van der Waals surface area contributed by atoms with Crippen molar-refractivity contribution in [2.45, 2.75) is 26.2 Å². The number of rotatable bonds is 4. The van der Waals surface area contributed by atoms with Crippen LogP contribution >= 0.6 is 15.9 Å². The molecule has 1 aromatic carbocycles. The highest BCUT2D eigenvalue weighted by Gasteiger charge is 2.26. The lowest BCUT2D eigenvalue weighted by Crippen LogP contribution is -2.36. The molecule has 0 saturated heterocycles. The van der Waals surface area contributed by atoms with Crippen LogP contribution in [-0.2, 0) is 22.4 Å². The highest BCUT2D eigenvalue weighted by atomic mass is 79.9. The standard InChI is InChI=1S/C18H18BrN3O2/c1-12(23)22(17(24)6-5-15-4-2-3-8-20-15)16-11-14(19)10-13-7-9-21-18(13)16/h2-4,8,10-11,21H,5-7,9H2,1H3. The first kappa shape index (κ1) is 16.6. The van der Waals surface area contributed by atoms with E-state index in [1.807, 2.05) is 30.3 Å². The lowest BCUT2D eigenvalue weighted by Gasteiger charge is -2.22. The van der Waals surface area contributed by atoms with Gasteiger partial charge in [0.15, 0.2) is 0 Å². The molecule has 0 saturated carbocycles. The van der Waals surface area contributed by atoms with Crippen LogP contribution in [0.4, 0.5) is 11.4 Å². The molecule has 124 valence electrons. The van der Waals surface area contributed by atoms with Gasteiger partial charge >= 0.3 is 0 Å². The summed E-state index contributed by atoms with van der Waals surface area (Å²) in [6.07, 6.45) is 3.33. The van der Waals surface area contributed by atoms with E-state index in [1.165, 1.54) is 11.8 Å². The minimum absolute atomic E-state index is 0.220. The summed E-state index contributed by atoms with van der Waals surface area (Å²) < 4.78 is 0.865. The van der Waals surface area contributed by atoms with Gasteiger partial charge < -0.3 is 5.32 Å². The maximum atomic E-state index is 12.7. The number of nitrogens with one attached hydrogen (secondary N) is 1. The van der Waals surface area contributed by atoms with Crippen LogP contribution < -0.4 is 10.2 Å². The van der Waals surface area contributed by atoms with Gasteiger partial charge in [0.2, 0.25) is 11.8 Å². The van der Waals surface area contributed by atoms with Crippen molar-refractivity contribution in [2.24, 2.45) is 0 Å². The van der Waals surface area contributed by atoms with Crippen molar-refractivity contribution in [3.8, 4) is 0 Å². The van der Waals surface area contributed by atoms with E-state index in [0.717, 1.165) is 34.4 Å². The van der Waals surface area contributed by atoms with Gasteiger partial charge in [0, 0.05) is 36.3 Å². The monoisotopic (exact) mass is 387 g/mol. The van der Waals surface area contributed by atoms with Crippen molar-refractivity contribution in [3.05, 3.63) is 52.3 Å². The van der Waals surface area contributed by atoms with E-state index >= 15 is 0 Å². The van der Waals surface area contributed by atoms with E-state index in [0.29, 0.717) is 12.1 Å². The molecule has 24 heavy (non-hydrogen) atoms. The fourth-order valence-electron chi connectivity index (χ4n) is 2.92. The van der Waals surface area contributed by atoms with Crippen LogP contribution in [0.25, 0.3) is 0 Å². The molecule has 1 aliphatic rings. The second-order valence-corrected chi connectivity index (χ2v) is 6.62. The average Bonchev–Trinajstić information content (AvgIpc) is 3.02. The predicted molar refractivity (Wildman–Crippen MR) is 97.1 cm³/mol. The number of amides is 2. The summed E-state index contributed by atoms with van der Waals surface area (Å²) in [5.41, 5.74) is 3.45. The Kier molecular flexibility index (Phi) is 4.94. The topological polar surface area (TPSA) is 62.3 Å². The largest absolute Gasteiger partial charge is 0.383 e. The number of aromatic nitrogens is 1. The Morgan fingerprint density at radius 2 is 2.17 bits per heavy atom. The number of carbonyl (C=O) groups is 2. The van der Waals surface area contributed by atoms with E-state index < -0.39 is 0 Å². The molecule has 2 amide bonds. The summed E-state index contributed by atoms with van der Waals surface area (Å²) in [4.78, 5) is 30.4. The molecule has 2 heterocycles. The number of hydrogen-bond acceptors (Lipinski definition) is 4. The molecular formula is C18H18BrN3O2. The maximum Gasteiger partial charge on any atom is 0.234 e. The molecule has 0 radical (unpaired) electrons. The number of anilines is 2. The molecule has 1 aromatic heterocycles. The average molecular weight is 388 g/mol. The van der Waals surface area contributed by atoms with Crippen LogP contribution in [0.5, 0.6) is 0 Å². The summed E-state index contributed by atoms with van der Waals surface area (Å²) in [5, 5.41) is 3.28. The zero-order valence-electron chi connectivity index (χ0n) is 13.4. The van der Waals surface area contributed by atoms with Crippen LogP contribution in [0.2, 0.25) is 0 Å². The number of imide groups is 1. The van der Waals surface area contributed by atoms with Crippen LogP contribution in [0.1, 0.15) is 24.6 Å². The molecule has 0 bridgehead atoms. The molecule has 0 aliphatic carbocycles. The number of aryl methyl sites for hydroxylation is 1. The molecule has 3 rings (SSSR count). The smallest absolute Gasteiger partial charge is 0.234 e. The third kappa shape index (κ3) is 3.48. The predicted octanol–water partition coefficient (Wildman–Crippen LogP) is 3.32. The number of carbonyl (C=O) groups excluding carboxylic acids is 2. The van der Waals surface area contributed by atoms with Crippen LogP contribution in [0.15, 0.2) is 41.0 Å². The summed E-state index contributed by atoms with van der Waals surface area (Å²) in [6.45, 7) is 2.23. The molecule has 1 N–H and O–H groups in total. The fourth-order valence-corrected chi connectivity index (χ4v) is 3.41. The number of fused-ring (bicyclic) bond motifs is 1. The minimum atomic E-state index is -0.282. The van der Waals surface area contributed by atoms with E-state index in [4.69, 9.17) is 0 Å². The van der Waals surface area contributed by atoms with E-state index in [-0.39, 0.29) is 18.2 Å². The number of pyridine rings is 1. The van der Waals surface area contributed by atoms with Gasteiger partial charge in [-0.2, -0.15) is 0 Å². The minimum Gasteiger partial charge on any atom is -0.383 e. The van der Waals surface area contributed by atoms with Crippen molar-refractivity contribution in [1.82, 2.24) is 4.98 Å². The van der Waals surface area contributed by atoms with Crippen molar-refractivity contribution < 1.29 is 9.59 Å². The Hall–Kier alpha value is -2.21. The zero-order chi connectivity index (χ0) is 17.1. The van der Waals surface area contributed by atoms with Gasteiger partial charge in [-0.15, -0.1) is 0 Å². The first-order chi connectivity index (χ1) is 11.6. The lowest BCUT2D eigenvalue weighted by atomic mass is 10.1. The number of nitrogens with zero attached hydrogens (tertiary/aromatic N) is 2. The van der Waals surface area contributed by atoms with Gasteiger partial charge in [-0.25, -0.2) is 4.90 Å². The normalized spacial score (nSPS) is 12.4. The second-order valence-electron chi connectivity index (χ2n) is 5.71. The third-order valence-electron chi connectivity index (χ3n) is 3.99. The molecule has 0 fully saturated rings. The molecule has 6 heteroatoms. The fraction of sp³-hybridized carbons (Fsp3) is 0.278. The Labute approximate surface area is 149 Å². The summed E-state index contributed by atoms with van der Waals surface area (Å²) >= 11 is 3.47. The number of benzene rings is 1. The summed E-state index contributed by atoms with van der Waals surface area (Å²) in [5.74, 6) is -0.503. The van der Waals surface area contributed by atoms with E-state index in [2.05, 4.69) is 26.2 Å². The molecule has 1 aliphatic heterocycles. The van der Waals surface area contributed by atoms with Gasteiger partial charge in [-0.3, -0.25) is 14.6 Å². The van der Waals surface area contributed by atoms with Gasteiger partial charge in [0.05, 0.1) is 11.4 Å². The van der Waals surface area contributed by atoms with Gasteiger partial charge in [-0.05, 0) is 42.7 Å². The Morgan fingerprint density at radius 3 is 2.88 bits per heavy atom. The Bertz CT molecular complexity index is 777. The molecule has 0 spiro atoms. The van der Waals surface area contributed by atoms with Gasteiger partial charge in [-0.1, -0.05) is 22.0 Å². The van der Waals surface area contributed by atoms with E-state index in [9.17, 15) is 9.59 Å². The summed E-state index contributed by atoms with van der Waals surface area (Å²) in [6, 6.07) is 9.45. The van der Waals surface area contributed by atoms with Gasteiger partial charge in [0.25, 0.3) is 0 Å². The second kappa shape index (κ2) is 7.13. The number of hydrogen-bond donors (Lipinski definition) is 1. The quantitative estimate of drug-likeness (QED) is 0.873. The number of halogens is 1. The van der Waals surface area contributed by atoms with Crippen molar-refractivity contribution in [2.75, 3.05) is 16.8 Å². The third-order valence-corrected chi connectivity index (χ3v) is 4.44. The van der Waals surface area contributed by atoms with Crippen molar-refractivity contribution in [3.63, 3.8) is 0 Å². The van der Waals surface area contributed by atoms with Crippen LogP contribution in [0.3, 0.4) is 0 Å². The Morgan fingerprint density at radius 1 is 1.33 bits per heavy atom. The maximum absolute atomic E-state index is 12.7. The lowest BCUT2D eigenvalue weighted by molar-refractivity contribution is -0.125. The van der Waals surface area contributed by atoms with Crippen LogP contribution in [0, 0.1) is 0 Å². The molecule has 5 nitrogen and oxygen atoms in total. The van der Waals surface area contributed by atoms with Crippen molar-refractivity contribution in [1.29, 1.82) is 0 Å². The SMILES string of the molecule is CC(=O)N(C(=O)CCc1ccccn1)c1cc(Br)cc2c1NCC2. The van der Waals surface area contributed by atoms with E-state index in [1.54, 1.807) is 6.20 Å². The Balaban J connectivity index is 1.85. The first-order valence-electron chi connectivity index (χ1n) is 7.86.